The van der Waals surface area contributed by atoms with E-state index in [4.69, 9.17) is 5.11 Å². The molecule has 1 aromatic heterocycles. The first-order valence-electron chi connectivity index (χ1n) is 8.00. The van der Waals surface area contributed by atoms with Gasteiger partial charge in [0.15, 0.2) is 0 Å². The molecule has 2 heterocycles. The number of carbonyl (C=O) groups is 4. The van der Waals surface area contributed by atoms with Crippen molar-refractivity contribution in [3.05, 3.63) is 51.1 Å². The highest BCUT2D eigenvalue weighted by atomic mass is 32.2. The second kappa shape index (κ2) is 8.28. The Hall–Kier alpha value is -3.11. The number of nitrogens with one attached hydrogen (secondary N) is 1. The van der Waals surface area contributed by atoms with E-state index < -0.39 is 28.8 Å². The number of imide groups is 1. The third kappa shape index (κ3) is 4.41. The molecule has 3 amide bonds. The summed E-state index contributed by atoms with van der Waals surface area (Å²) in [6.45, 7) is -0.0951. The standard InChI is InChI=1S/C18H14N2O6S2/c21-13-4-3-10(8-12(13)17(24)25)19-15(22)5-6-20-16(23)14(28-18(20)26)9-11-2-1-7-27-11/h1-4,7-9,21H,5-6H2,(H,19,22)(H,24,25)/b14-9+. The topological polar surface area (TPSA) is 124 Å². The fourth-order valence-corrected chi connectivity index (χ4v) is 4.01. The van der Waals surface area contributed by atoms with E-state index in [1.54, 1.807) is 6.08 Å². The smallest absolute Gasteiger partial charge is 0.339 e. The van der Waals surface area contributed by atoms with Gasteiger partial charge in [0.2, 0.25) is 5.91 Å². The SMILES string of the molecule is O=C(CCN1C(=O)S/C(=C/c2cccs2)C1=O)Nc1ccc(O)c(C(=O)O)c1. The van der Waals surface area contributed by atoms with Crippen LogP contribution in [0.5, 0.6) is 5.75 Å². The number of aromatic hydroxyl groups is 1. The number of carbonyl (C=O) groups excluding carboxylic acids is 3. The Morgan fingerprint density at radius 3 is 2.68 bits per heavy atom. The molecule has 1 saturated heterocycles. The van der Waals surface area contributed by atoms with Crippen molar-refractivity contribution in [2.75, 3.05) is 11.9 Å². The van der Waals surface area contributed by atoms with E-state index >= 15 is 0 Å². The number of thiophene rings is 1. The van der Waals surface area contributed by atoms with Crippen molar-refractivity contribution in [3.8, 4) is 5.75 Å². The van der Waals surface area contributed by atoms with Crippen LogP contribution in [0, 0.1) is 0 Å². The molecule has 3 N–H and O–H groups in total. The Kier molecular flexibility index (Phi) is 5.81. The lowest BCUT2D eigenvalue weighted by molar-refractivity contribution is -0.123. The van der Waals surface area contributed by atoms with Crippen molar-refractivity contribution in [1.29, 1.82) is 0 Å². The Morgan fingerprint density at radius 2 is 2.00 bits per heavy atom. The summed E-state index contributed by atoms with van der Waals surface area (Å²) in [6, 6.07) is 7.30. The molecule has 0 atom stereocenters. The summed E-state index contributed by atoms with van der Waals surface area (Å²) in [7, 11) is 0. The summed E-state index contributed by atoms with van der Waals surface area (Å²) in [5.74, 6) is -2.69. The minimum atomic E-state index is -1.33. The van der Waals surface area contributed by atoms with E-state index in [2.05, 4.69) is 5.32 Å². The largest absolute Gasteiger partial charge is 0.507 e. The molecule has 10 heteroatoms. The van der Waals surface area contributed by atoms with Crippen LogP contribution in [0.15, 0.2) is 40.6 Å². The molecule has 0 saturated carbocycles. The van der Waals surface area contributed by atoms with Crippen LogP contribution >= 0.6 is 23.1 Å². The van der Waals surface area contributed by atoms with E-state index in [0.29, 0.717) is 4.91 Å². The van der Waals surface area contributed by atoms with Crippen LogP contribution in [-0.2, 0) is 9.59 Å². The molecule has 0 unspecified atom stereocenters. The van der Waals surface area contributed by atoms with Crippen molar-refractivity contribution in [1.82, 2.24) is 4.90 Å². The van der Waals surface area contributed by atoms with Gasteiger partial charge < -0.3 is 15.5 Å². The number of amides is 3. The molecule has 3 rings (SSSR count). The van der Waals surface area contributed by atoms with Gasteiger partial charge in [0.25, 0.3) is 11.1 Å². The maximum absolute atomic E-state index is 12.4. The van der Waals surface area contributed by atoms with Crippen LogP contribution < -0.4 is 5.32 Å². The van der Waals surface area contributed by atoms with Crippen molar-refractivity contribution >= 4 is 57.9 Å². The summed E-state index contributed by atoms with van der Waals surface area (Å²) in [5.41, 5.74) is -0.158. The number of hydrogen-bond donors (Lipinski definition) is 3. The first-order chi connectivity index (χ1) is 13.3. The van der Waals surface area contributed by atoms with Gasteiger partial charge in [0.1, 0.15) is 11.3 Å². The summed E-state index contributed by atoms with van der Waals surface area (Å²) in [5, 5.41) is 22.4. The minimum absolute atomic E-state index is 0.0951. The lowest BCUT2D eigenvalue weighted by atomic mass is 10.1. The second-order valence-electron chi connectivity index (χ2n) is 5.68. The molecule has 28 heavy (non-hydrogen) atoms. The maximum Gasteiger partial charge on any atom is 0.339 e. The van der Waals surface area contributed by atoms with Crippen molar-refractivity contribution in [3.63, 3.8) is 0 Å². The van der Waals surface area contributed by atoms with Gasteiger partial charge in [0, 0.05) is 23.5 Å². The first-order valence-corrected chi connectivity index (χ1v) is 9.70. The molecule has 1 fully saturated rings. The van der Waals surface area contributed by atoms with Crippen LogP contribution in [-0.4, -0.2) is 44.7 Å². The number of anilines is 1. The van der Waals surface area contributed by atoms with Crippen molar-refractivity contribution in [2.45, 2.75) is 6.42 Å². The first kappa shape index (κ1) is 19.6. The molecule has 0 spiro atoms. The predicted molar refractivity (Wildman–Crippen MR) is 105 cm³/mol. The monoisotopic (exact) mass is 418 g/mol. The average molecular weight is 418 g/mol. The van der Waals surface area contributed by atoms with Gasteiger partial charge in [-0.1, -0.05) is 6.07 Å². The van der Waals surface area contributed by atoms with Crippen LogP contribution in [0.3, 0.4) is 0 Å². The quantitative estimate of drug-likeness (QED) is 0.486. The lowest BCUT2D eigenvalue weighted by Crippen LogP contribution is -2.31. The van der Waals surface area contributed by atoms with Gasteiger partial charge in [0.05, 0.1) is 4.91 Å². The second-order valence-corrected chi connectivity index (χ2v) is 7.66. The van der Waals surface area contributed by atoms with E-state index in [0.717, 1.165) is 33.7 Å². The molecule has 0 aliphatic carbocycles. The number of benzene rings is 1. The molecule has 1 aromatic carbocycles. The van der Waals surface area contributed by atoms with Crippen LogP contribution in [0.2, 0.25) is 0 Å². The molecule has 2 aromatic rings. The zero-order valence-corrected chi connectivity index (χ0v) is 15.9. The van der Waals surface area contributed by atoms with Crippen LogP contribution in [0.25, 0.3) is 6.08 Å². The van der Waals surface area contributed by atoms with Gasteiger partial charge >= 0.3 is 5.97 Å². The number of carboxylic acids is 1. The van der Waals surface area contributed by atoms with Gasteiger partial charge in [-0.05, 0) is 47.5 Å². The van der Waals surface area contributed by atoms with Gasteiger partial charge in [-0.25, -0.2) is 4.79 Å². The Balaban J connectivity index is 1.60. The molecular formula is C18H14N2O6S2. The zero-order valence-electron chi connectivity index (χ0n) is 14.2. The van der Waals surface area contributed by atoms with E-state index in [1.165, 1.54) is 17.4 Å². The fourth-order valence-electron chi connectivity index (χ4n) is 2.42. The van der Waals surface area contributed by atoms with Gasteiger partial charge in [-0.2, -0.15) is 0 Å². The number of thioether (sulfide) groups is 1. The molecule has 0 bridgehead atoms. The summed E-state index contributed by atoms with van der Waals surface area (Å²) in [4.78, 5) is 49.7. The Bertz CT molecular complexity index is 984. The highest BCUT2D eigenvalue weighted by molar-refractivity contribution is 8.18. The maximum atomic E-state index is 12.4. The Labute approximate surface area is 167 Å². The summed E-state index contributed by atoms with van der Waals surface area (Å²) >= 11 is 2.27. The molecule has 0 radical (unpaired) electrons. The van der Waals surface area contributed by atoms with Crippen LogP contribution in [0.1, 0.15) is 21.7 Å². The molecular weight excluding hydrogens is 404 g/mol. The van der Waals surface area contributed by atoms with Crippen molar-refractivity contribution < 1.29 is 29.4 Å². The number of hydrogen-bond acceptors (Lipinski definition) is 7. The van der Waals surface area contributed by atoms with Crippen molar-refractivity contribution in [2.24, 2.45) is 0 Å². The third-order valence-corrected chi connectivity index (χ3v) is 5.49. The average Bonchev–Trinajstić information content (AvgIpc) is 3.24. The normalized spacial score (nSPS) is 15.3. The number of phenols is 1. The molecule has 8 nitrogen and oxygen atoms in total. The number of aromatic carboxylic acids is 1. The van der Waals surface area contributed by atoms with E-state index in [-0.39, 0.29) is 24.2 Å². The fraction of sp³-hybridized carbons (Fsp3) is 0.111. The zero-order chi connectivity index (χ0) is 20.3. The van der Waals surface area contributed by atoms with E-state index in [9.17, 15) is 24.3 Å². The summed E-state index contributed by atoms with van der Waals surface area (Å²) < 4.78 is 0. The lowest BCUT2D eigenvalue weighted by Gasteiger charge is -2.12. The molecule has 144 valence electrons. The third-order valence-electron chi connectivity index (χ3n) is 3.76. The predicted octanol–water partition coefficient (Wildman–Crippen LogP) is 3.22. The number of carboxylic acid groups (broad SMARTS) is 1. The summed E-state index contributed by atoms with van der Waals surface area (Å²) in [6.07, 6.45) is 1.49. The van der Waals surface area contributed by atoms with E-state index in [1.807, 2.05) is 17.5 Å². The number of rotatable bonds is 6. The minimum Gasteiger partial charge on any atom is -0.507 e. The molecule has 1 aliphatic rings. The Morgan fingerprint density at radius 1 is 1.21 bits per heavy atom. The van der Waals surface area contributed by atoms with Gasteiger partial charge in [-0.3, -0.25) is 19.3 Å². The number of nitrogens with zero attached hydrogens (tertiary/aromatic N) is 1. The highest BCUT2D eigenvalue weighted by Gasteiger charge is 2.35. The highest BCUT2D eigenvalue weighted by Crippen LogP contribution is 2.33. The van der Waals surface area contributed by atoms with Gasteiger partial charge in [-0.15, -0.1) is 11.3 Å². The van der Waals surface area contributed by atoms with Crippen LogP contribution in [0.4, 0.5) is 10.5 Å². The molecule has 1 aliphatic heterocycles.